The zero-order valence-electron chi connectivity index (χ0n) is 17.1. The van der Waals surface area contributed by atoms with E-state index in [0.29, 0.717) is 0 Å². The molecule has 2 aromatic rings. The van der Waals surface area contributed by atoms with Crippen LogP contribution in [0.25, 0.3) is 0 Å². The minimum Gasteiger partial charge on any atom is -0.363 e. The van der Waals surface area contributed by atoms with Crippen LogP contribution in [0, 0.1) is 12.8 Å². The zero-order chi connectivity index (χ0) is 20.9. The first-order chi connectivity index (χ1) is 13.1. The van der Waals surface area contributed by atoms with Crippen LogP contribution in [0.1, 0.15) is 43.5 Å². The molecule has 2 rings (SSSR count). The van der Waals surface area contributed by atoms with E-state index in [2.05, 4.69) is 5.32 Å². The Hall–Kier alpha value is -2.18. The lowest BCUT2D eigenvalue weighted by Gasteiger charge is -2.23. The van der Waals surface area contributed by atoms with Gasteiger partial charge in [0.1, 0.15) is 6.10 Å². The summed E-state index contributed by atoms with van der Waals surface area (Å²) in [7, 11) is -3.23. The van der Waals surface area contributed by atoms with Gasteiger partial charge in [0, 0.05) is 6.26 Å². The van der Waals surface area contributed by atoms with E-state index in [0.717, 1.165) is 11.1 Å². The quantitative estimate of drug-likeness (QED) is 0.727. The second-order valence-corrected chi connectivity index (χ2v) is 9.55. The van der Waals surface area contributed by atoms with Gasteiger partial charge in [-0.3, -0.25) is 4.79 Å². The fourth-order valence-electron chi connectivity index (χ4n) is 2.82. The van der Waals surface area contributed by atoms with Gasteiger partial charge in [-0.15, -0.1) is 0 Å². The Kier molecular flexibility index (Phi) is 7.38. The molecule has 0 fully saturated rings. The largest absolute Gasteiger partial charge is 0.363 e. The van der Waals surface area contributed by atoms with Crippen LogP contribution in [0.3, 0.4) is 0 Å². The van der Waals surface area contributed by atoms with Crippen molar-refractivity contribution in [2.75, 3.05) is 6.26 Å². The van der Waals surface area contributed by atoms with Gasteiger partial charge in [-0.1, -0.05) is 55.8 Å². The number of carbonyl (C=O) groups is 1. The maximum absolute atomic E-state index is 12.7. The molecule has 0 bridgehead atoms. The van der Waals surface area contributed by atoms with E-state index in [9.17, 15) is 13.2 Å². The van der Waals surface area contributed by atoms with E-state index in [1.807, 2.05) is 52.0 Å². The summed E-state index contributed by atoms with van der Waals surface area (Å²) in [5, 5.41) is 3.02. The Morgan fingerprint density at radius 1 is 1.00 bits per heavy atom. The van der Waals surface area contributed by atoms with Crippen molar-refractivity contribution < 1.29 is 17.9 Å². The molecular weight excluding hydrogens is 374 g/mol. The number of aryl methyl sites for hydroxylation is 1. The molecule has 0 radical (unpaired) electrons. The second-order valence-electron chi connectivity index (χ2n) is 7.53. The van der Waals surface area contributed by atoms with Gasteiger partial charge < -0.3 is 10.1 Å². The molecule has 6 heteroatoms. The highest BCUT2D eigenvalue weighted by atomic mass is 32.2. The van der Waals surface area contributed by atoms with Crippen molar-refractivity contribution in [3.8, 4) is 0 Å². The summed E-state index contributed by atoms with van der Waals surface area (Å²) in [5.41, 5.74) is 3.03. The Bertz CT molecular complexity index is 887. The van der Waals surface area contributed by atoms with Crippen LogP contribution in [-0.2, 0) is 26.0 Å². The summed E-state index contributed by atoms with van der Waals surface area (Å²) in [6.07, 6.45) is 0.579. The lowest BCUT2D eigenvalue weighted by atomic mass is 10.0. The van der Waals surface area contributed by atoms with Crippen LogP contribution in [-0.4, -0.2) is 26.7 Å². The summed E-state index contributed by atoms with van der Waals surface area (Å²) in [5.74, 6) is -0.156. The highest BCUT2D eigenvalue weighted by Crippen LogP contribution is 2.17. The highest BCUT2D eigenvalue weighted by Gasteiger charge is 2.24. The molecule has 1 amide bonds. The predicted octanol–water partition coefficient (Wildman–Crippen LogP) is 3.82. The van der Waals surface area contributed by atoms with Crippen molar-refractivity contribution in [3.05, 3.63) is 65.2 Å². The minimum atomic E-state index is -3.23. The smallest absolute Gasteiger partial charge is 0.249 e. The van der Waals surface area contributed by atoms with Gasteiger partial charge in [-0.25, -0.2) is 8.42 Å². The molecule has 152 valence electrons. The van der Waals surface area contributed by atoms with Gasteiger partial charge in [-0.2, -0.15) is 0 Å². The monoisotopic (exact) mass is 403 g/mol. The molecule has 28 heavy (non-hydrogen) atoms. The SMILES string of the molecule is Cc1ccc(C(C)NC(=O)C(OCc2ccc(S(C)(=O)=O)cc2)C(C)C)cc1. The van der Waals surface area contributed by atoms with Crippen molar-refractivity contribution >= 4 is 15.7 Å². The molecule has 0 aliphatic carbocycles. The summed E-state index contributed by atoms with van der Waals surface area (Å²) in [6, 6.07) is 14.5. The fraction of sp³-hybridized carbons (Fsp3) is 0.409. The molecule has 2 atom stereocenters. The molecule has 0 aromatic heterocycles. The molecule has 0 heterocycles. The summed E-state index contributed by atoms with van der Waals surface area (Å²) in [6.45, 7) is 8.09. The second kappa shape index (κ2) is 9.34. The average molecular weight is 404 g/mol. The average Bonchev–Trinajstić information content (AvgIpc) is 2.61. The number of rotatable bonds is 8. The Balaban J connectivity index is 2.00. The van der Waals surface area contributed by atoms with Gasteiger partial charge in [-0.05, 0) is 43.0 Å². The Morgan fingerprint density at radius 2 is 1.57 bits per heavy atom. The lowest BCUT2D eigenvalue weighted by Crippen LogP contribution is -2.40. The van der Waals surface area contributed by atoms with Crippen LogP contribution < -0.4 is 5.32 Å². The van der Waals surface area contributed by atoms with Crippen molar-refractivity contribution in [2.45, 2.75) is 51.3 Å². The van der Waals surface area contributed by atoms with Gasteiger partial charge in [0.05, 0.1) is 17.5 Å². The number of hydrogen-bond donors (Lipinski definition) is 1. The summed E-state index contributed by atoms with van der Waals surface area (Å²) >= 11 is 0. The molecule has 0 aliphatic rings. The lowest BCUT2D eigenvalue weighted by molar-refractivity contribution is -0.137. The van der Waals surface area contributed by atoms with Gasteiger partial charge in [0.15, 0.2) is 9.84 Å². The van der Waals surface area contributed by atoms with Crippen molar-refractivity contribution in [1.29, 1.82) is 0 Å². The van der Waals surface area contributed by atoms with Crippen LogP contribution in [0.15, 0.2) is 53.4 Å². The number of benzene rings is 2. The van der Waals surface area contributed by atoms with Gasteiger partial charge in [0.25, 0.3) is 0 Å². The van der Waals surface area contributed by atoms with E-state index in [4.69, 9.17) is 4.74 Å². The maximum Gasteiger partial charge on any atom is 0.249 e. The molecule has 5 nitrogen and oxygen atoms in total. The number of nitrogens with one attached hydrogen (secondary N) is 1. The summed E-state index contributed by atoms with van der Waals surface area (Å²) < 4.78 is 29.0. The zero-order valence-corrected chi connectivity index (χ0v) is 17.9. The van der Waals surface area contributed by atoms with Crippen molar-refractivity contribution in [3.63, 3.8) is 0 Å². The predicted molar refractivity (Wildman–Crippen MR) is 111 cm³/mol. The molecule has 0 saturated heterocycles. The highest BCUT2D eigenvalue weighted by molar-refractivity contribution is 7.90. The minimum absolute atomic E-state index is 0.000473. The first-order valence-electron chi connectivity index (χ1n) is 9.35. The van der Waals surface area contributed by atoms with Gasteiger partial charge >= 0.3 is 0 Å². The van der Waals surface area contributed by atoms with E-state index in [1.165, 1.54) is 11.8 Å². The number of carbonyl (C=O) groups excluding carboxylic acids is 1. The number of sulfone groups is 1. The third-order valence-electron chi connectivity index (χ3n) is 4.58. The molecule has 1 N–H and O–H groups in total. The molecule has 2 unspecified atom stereocenters. The van der Waals surface area contributed by atoms with Crippen molar-refractivity contribution in [2.24, 2.45) is 5.92 Å². The normalized spacial score (nSPS) is 13.9. The Labute approximate surface area is 168 Å². The molecule has 0 saturated carbocycles. The topological polar surface area (TPSA) is 72.5 Å². The number of amides is 1. The van der Waals surface area contributed by atoms with E-state index < -0.39 is 15.9 Å². The van der Waals surface area contributed by atoms with E-state index >= 15 is 0 Å². The molecule has 0 spiro atoms. The van der Waals surface area contributed by atoms with Crippen LogP contribution in [0.4, 0.5) is 0 Å². The standard InChI is InChI=1S/C22H29NO4S/c1-15(2)21(22(24)23-17(4)19-10-6-16(3)7-11-19)27-14-18-8-12-20(13-9-18)28(5,25)26/h6-13,15,17,21H,14H2,1-5H3,(H,23,24). The number of ether oxygens (including phenoxy) is 1. The fourth-order valence-corrected chi connectivity index (χ4v) is 3.45. The third-order valence-corrected chi connectivity index (χ3v) is 5.71. The van der Waals surface area contributed by atoms with Crippen LogP contribution in [0.5, 0.6) is 0 Å². The number of hydrogen-bond acceptors (Lipinski definition) is 4. The van der Waals surface area contributed by atoms with Crippen LogP contribution in [0.2, 0.25) is 0 Å². The van der Waals surface area contributed by atoms with Crippen molar-refractivity contribution in [1.82, 2.24) is 5.32 Å². The van der Waals surface area contributed by atoms with Crippen LogP contribution >= 0.6 is 0 Å². The van der Waals surface area contributed by atoms with Gasteiger partial charge in [0.2, 0.25) is 5.91 Å². The third kappa shape index (κ3) is 6.17. The van der Waals surface area contributed by atoms with E-state index in [-0.39, 0.29) is 29.4 Å². The van der Waals surface area contributed by atoms with E-state index in [1.54, 1.807) is 24.3 Å². The molecular formula is C22H29NO4S. The first kappa shape index (κ1) is 22.1. The molecule has 2 aromatic carbocycles. The molecule has 0 aliphatic heterocycles. The Morgan fingerprint density at radius 3 is 2.07 bits per heavy atom. The maximum atomic E-state index is 12.7. The first-order valence-corrected chi connectivity index (χ1v) is 11.2. The summed E-state index contributed by atoms with van der Waals surface area (Å²) in [4.78, 5) is 13.0.